The Kier molecular flexibility index (Phi) is 4.96. The maximum Gasteiger partial charge on any atom is 0.223 e. The van der Waals surface area contributed by atoms with Gasteiger partial charge in [0.05, 0.1) is 29.6 Å². The highest BCUT2D eigenvalue weighted by Gasteiger charge is 2.26. The maximum absolute atomic E-state index is 12.4. The SMILES string of the molecule is CC[C@H](C)[C@H](NC(=O)C[C@H]1CCCO1)c1nc2ccccc2[nH]1. The van der Waals surface area contributed by atoms with E-state index in [0.717, 1.165) is 42.7 Å². The van der Waals surface area contributed by atoms with Crippen molar-refractivity contribution in [3.8, 4) is 0 Å². The van der Waals surface area contributed by atoms with Crippen LogP contribution in [0, 0.1) is 5.92 Å². The Balaban J connectivity index is 1.75. The largest absolute Gasteiger partial charge is 0.378 e. The van der Waals surface area contributed by atoms with Crippen molar-refractivity contribution in [1.82, 2.24) is 15.3 Å². The van der Waals surface area contributed by atoms with E-state index in [9.17, 15) is 4.79 Å². The predicted molar refractivity (Wildman–Crippen MR) is 90.0 cm³/mol. The minimum absolute atomic E-state index is 0.0441. The predicted octanol–water partition coefficient (Wildman–Crippen LogP) is 3.34. The number of fused-ring (bicyclic) bond motifs is 1. The van der Waals surface area contributed by atoms with Crippen molar-refractivity contribution in [2.75, 3.05) is 6.61 Å². The summed E-state index contributed by atoms with van der Waals surface area (Å²) >= 11 is 0. The summed E-state index contributed by atoms with van der Waals surface area (Å²) < 4.78 is 5.56. The summed E-state index contributed by atoms with van der Waals surface area (Å²) in [7, 11) is 0. The van der Waals surface area contributed by atoms with Crippen LogP contribution < -0.4 is 5.32 Å². The first-order chi connectivity index (χ1) is 11.2. The van der Waals surface area contributed by atoms with Crippen molar-refractivity contribution in [3.05, 3.63) is 30.1 Å². The van der Waals surface area contributed by atoms with Crippen LogP contribution >= 0.6 is 0 Å². The highest BCUT2D eigenvalue weighted by molar-refractivity contribution is 5.78. The lowest BCUT2D eigenvalue weighted by molar-refractivity contribution is -0.124. The van der Waals surface area contributed by atoms with Crippen molar-refractivity contribution < 1.29 is 9.53 Å². The highest BCUT2D eigenvalue weighted by atomic mass is 16.5. The minimum atomic E-state index is -0.0960. The molecule has 1 fully saturated rings. The fraction of sp³-hybridized carbons (Fsp3) is 0.556. The van der Waals surface area contributed by atoms with Crippen molar-refractivity contribution in [1.29, 1.82) is 0 Å². The van der Waals surface area contributed by atoms with E-state index >= 15 is 0 Å². The number of rotatable bonds is 6. The van der Waals surface area contributed by atoms with Crippen LogP contribution in [0.4, 0.5) is 0 Å². The normalized spacial score (nSPS) is 20.5. The third-order valence-electron chi connectivity index (χ3n) is 4.67. The zero-order chi connectivity index (χ0) is 16.2. The number of aromatic amines is 1. The van der Waals surface area contributed by atoms with E-state index in [1.807, 2.05) is 24.3 Å². The Morgan fingerprint density at radius 1 is 1.48 bits per heavy atom. The van der Waals surface area contributed by atoms with Crippen molar-refractivity contribution in [2.24, 2.45) is 5.92 Å². The van der Waals surface area contributed by atoms with Crippen LogP contribution in [0.3, 0.4) is 0 Å². The van der Waals surface area contributed by atoms with Crippen LogP contribution in [0.5, 0.6) is 0 Å². The van der Waals surface area contributed by atoms with Gasteiger partial charge in [-0.15, -0.1) is 0 Å². The molecule has 0 spiro atoms. The number of para-hydroxylation sites is 2. The number of carbonyl (C=O) groups excluding carboxylic acids is 1. The quantitative estimate of drug-likeness (QED) is 0.859. The number of aromatic nitrogens is 2. The zero-order valence-corrected chi connectivity index (χ0v) is 13.8. The summed E-state index contributed by atoms with van der Waals surface area (Å²) in [5.74, 6) is 1.19. The number of hydrogen-bond acceptors (Lipinski definition) is 3. The fourth-order valence-electron chi connectivity index (χ4n) is 3.08. The highest BCUT2D eigenvalue weighted by Crippen LogP contribution is 2.25. The van der Waals surface area contributed by atoms with Crippen LogP contribution in [-0.4, -0.2) is 28.6 Å². The lowest BCUT2D eigenvalue weighted by atomic mass is 9.98. The molecular formula is C18H25N3O2. The number of carbonyl (C=O) groups is 1. The van der Waals surface area contributed by atoms with Gasteiger partial charge in [-0.3, -0.25) is 4.79 Å². The molecule has 23 heavy (non-hydrogen) atoms. The summed E-state index contributed by atoms with van der Waals surface area (Å²) in [5.41, 5.74) is 1.94. The zero-order valence-electron chi connectivity index (χ0n) is 13.8. The summed E-state index contributed by atoms with van der Waals surface area (Å²) in [6.45, 7) is 5.05. The summed E-state index contributed by atoms with van der Waals surface area (Å²) in [6, 6.07) is 7.85. The molecule has 2 N–H and O–H groups in total. The van der Waals surface area contributed by atoms with E-state index in [4.69, 9.17) is 4.74 Å². The lowest BCUT2D eigenvalue weighted by Crippen LogP contribution is -2.35. The van der Waals surface area contributed by atoms with Gasteiger partial charge in [0.15, 0.2) is 0 Å². The average Bonchev–Trinajstić information content (AvgIpc) is 3.20. The van der Waals surface area contributed by atoms with Gasteiger partial charge in [0, 0.05) is 6.61 Å². The Bertz CT molecular complexity index is 628. The van der Waals surface area contributed by atoms with E-state index in [1.165, 1.54) is 0 Å². The van der Waals surface area contributed by atoms with Crippen LogP contribution in [0.2, 0.25) is 0 Å². The molecule has 1 saturated heterocycles. The molecule has 1 aromatic heterocycles. The number of nitrogens with zero attached hydrogens (tertiary/aromatic N) is 1. The molecule has 3 rings (SSSR count). The molecule has 2 heterocycles. The van der Waals surface area contributed by atoms with Gasteiger partial charge in [-0.05, 0) is 30.9 Å². The van der Waals surface area contributed by atoms with Crippen LogP contribution in [0.15, 0.2) is 24.3 Å². The molecule has 5 nitrogen and oxygen atoms in total. The van der Waals surface area contributed by atoms with Crippen LogP contribution in [-0.2, 0) is 9.53 Å². The summed E-state index contributed by atoms with van der Waals surface area (Å²) in [5, 5.41) is 3.16. The Hall–Kier alpha value is -1.88. The molecule has 2 aromatic rings. The molecule has 1 aromatic carbocycles. The van der Waals surface area contributed by atoms with Gasteiger partial charge in [-0.1, -0.05) is 32.4 Å². The third-order valence-corrected chi connectivity index (χ3v) is 4.67. The number of amides is 1. The van der Waals surface area contributed by atoms with Crippen LogP contribution in [0.1, 0.15) is 51.4 Å². The number of imidazole rings is 1. The maximum atomic E-state index is 12.4. The monoisotopic (exact) mass is 315 g/mol. The van der Waals surface area contributed by atoms with E-state index < -0.39 is 0 Å². The first kappa shape index (κ1) is 16.0. The second kappa shape index (κ2) is 7.13. The number of hydrogen-bond donors (Lipinski definition) is 2. The van der Waals surface area contributed by atoms with E-state index in [1.54, 1.807) is 0 Å². The first-order valence-electron chi connectivity index (χ1n) is 8.53. The third kappa shape index (κ3) is 3.72. The second-order valence-corrected chi connectivity index (χ2v) is 6.41. The second-order valence-electron chi connectivity index (χ2n) is 6.41. The van der Waals surface area contributed by atoms with Gasteiger partial charge in [0.1, 0.15) is 5.82 Å². The molecule has 0 radical (unpaired) electrons. The summed E-state index contributed by atoms with van der Waals surface area (Å²) in [4.78, 5) is 20.4. The molecular weight excluding hydrogens is 290 g/mol. The Labute approximate surface area is 136 Å². The van der Waals surface area contributed by atoms with Crippen molar-refractivity contribution in [2.45, 2.75) is 51.7 Å². The number of H-pyrrole nitrogens is 1. The molecule has 0 bridgehead atoms. The first-order valence-corrected chi connectivity index (χ1v) is 8.53. The van der Waals surface area contributed by atoms with Gasteiger partial charge in [-0.25, -0.2) is 4.98 Å². The molecule has 124 valence electrons. The van der Waals surface area contributed by atoms with Gasteiger partial charge >= 0.3 is 0 Å². The molecule has 1 aliphatic heterocycles. The van der Waals surface area contributed by atoms with Crippen molar-refractivity contribution in [3.63, 3.8) is 0 Å². The number of nitrogens with one attached hydrogen (secondary N) is 2. The molecule has 5 heteroatoms. The Morgan fingerprint density at radius 3 is 3.00 bits per heavy atom. The fourth-order valence-corrected chi connectivity index (χ4v) is 3.08. The number of benzene rings is 1. The Morgan fingerprint density at radius 2 is 2.30 bits per heavy atom. The smallest absolute Gasteiger partial charge is 0.223 e. The molecule has 0 unspecified atom stereocenters. The van der Waals surface area contributed by atoms with E-state index in [0.29, 0.717) is 12.3 Å². The van der Waals surface area contributed by atoms with Crippen LogP contribution in [0.25, 0.3) is 11.0 Å². The molecule has 0 aliphatic carbocycles. The molecule has 3 atom stereocenters. The van der Waals surface area contributed by atoms with Gasteiger partial charge < -0.3 is 15.0 Å². The molecule has 0 saturated carbocycles. The summed E-state index contributed by atoms with van der Waals surface area (Å²) in [6.07, 6.45) is 3.51. The van der Waals surface area contributed by atoms with Gasteiger partial charge in [0.25, 0.3) is 0 Å². The van der Waals surface area contributed by atoms with Gasteiger partial charge in [0.2, 0.25) is 5.91 Å². The lowest BCUT2D eigenvalue weighted by Gasteiger charge is -2.23. The standard InChI is InChI=1S/C18H25N3O2/c1-3-12(2)17(21-16(22)11-13-7-6-10-23-13)18-19-14-8-4-5-9-15(14)20-18/h4-5,8-9,12-13,17H,3,6-7,10-11H2,1-2H3,(H,19,20)(H,21,22)/t12-,13+,17-/m0/s1. The molecule has 1 aliphatic rings. The van der Waals surface area contributed by atoms with E-state index in [2.05, 4.69) is 29.1 Å². The molecule has 1 amide bonds. The van der Waals surface area contributed by atoms with Crippen molar-refractivity contribution >= 4 is 16.9 Å². The minimum Gasteiger partial charge on any atom is -0.378 e. The topological polar surface area (TPSA) is 67.0 Å². The number of ether oxygens (including phenoxy) is 1. The average molecular weight is 315 g/mol. The van der Waals surface area contributed by atoms with Gasteiger partial charge in [-0.2, -0.15) is 0 Å². The van der Waals surface area contributed by atoms with E-state index in [-0.39, 0.29) is 18.1 Å².